The summed E-state index contributed by atoms with van der Waals surface area (Å²) < 4.78 is 10.6. The monoisotopic (exact) mass is 329 g/mol. The number of rotatable bonds is 7. The Morgan fingerprint density at radius 3 is 2.17 bits per heavy atom. The van der Waals surface area contributed by atoms with Gasteiger partial charge in [-0.1, -0.05) is 12.1 Å². The van der Waals surface area contributed by atoms with E-state index in [1.54, 1.807) is 50.4 Å². The second kappa shape index (κ2) is 8.01. The van der Waals surface area contributed by atoms with Gasteiger partial charge in [-0.25, -0.2) is 4.79 Å². The van der Waals surface area contributed by atoms with Gasteiger partial charge in [0.15, 0.2) is 6.10 Å². The van der Waals surface area contributed by atoms with Crippen molar-refractivity contribution in [3.63, 3.8) is 0 Å². The summed E-state index contributed by atoms with van der Waals surface area (Å²) in [4.78, 5) is 22.9. The van der Waals surface area contributed by atoms with Crippen molar-refractivity contribution in [1.29, 1.82) is 0 Å². The van der Waals surface area contributed by atoms with Crippen LogP contribution in [0.25, 0.3) is 0 Å². The van der Waals surface area contributed by atoms with Crippen molar-refractivity contribution >= 4 is 11.9 Å². The van der Waals surface area contributed by atoms with Gasteiger partial charge < -0.3 is 19.9 Å². The molecule has 6 nitrogen and oxygen atoms in total. The lowest BCUT2D eigenvalue weighted by molar-refractivity contribution is -0.127. The standard InChI is InChI=1S/C18H19NO5/c1-12(24-16-9-7-15(23-2)8-10-16)17(20)19-11-13-3-5-14(6-4-13)18(21)22/h3-10,12H,11H2,1-2H3,(H,19,20)(H,21,22). The number of ether oxygens (including phenoxy) is 2. The number of carbonyl (C=O) groups is 2. The summed E-state index contributed by atoms with van der Waals surface area (Å²) >= 11 is 0. The first kappa shape index (κ1) is 17.3. The van der Waals surface area contributed by atoms with Crippen LogP contribution in [0.1, 0.15) is 22.8 Å². The molecule has 0 saturated carbocycles. The van der Waals surface area contributed by atoms with Gasteiger partial charge in [-0.15, -0.1) is 0 Å². The number of nitrogens with one attached hydrogen (secondary N) is 1. The Labute approximate surface area is 140 Å². The zero-order chi connectivity index (χ0) is 17.5. The van der Waals surface area contributed by atoms with Gasteiger partial charge in [0.05, 0.1) is 12.7 Å². The maximum atomic E-state index is 12.1. The number of carboxylic acids is 1. The molecule has 0 bridgehead atoms. The van der Waals surface area contributed by atoms with Crippen LogP contribution in [-0.2, 0) is 11.3 Å². The van der Waals surface area contributed by atoms with E-state index < -0.39 is 12.1 Å². The van der Waals surface area contributed by atoms with Crippen LogP contribution >= 0.6 is 0 Å². The molecular weight excluding hydrogens is 310 g/mol. The maximum absolute atomic E-state index is 12.1. The van der Waals surface area contributed by atoms with Crippen molar-refractivity contribution in [3.8, 4) is 11.5 Å². The van der Waals surface area contributed by atoms with Gasteiger partial charge in [-0.05, 0) is 48.9 Å². The minimum Gasteiger partial charge on any atom is -0.497 e. The largest absolute Gasteiger partial charge is 0.497 e. The van der Waals surface area contributed by atoms with Crippen molar-refractivity contribution in [2.45, 2.75) is 19.6 Å². The Kier molecular flexibility index (Phi) is 5.78. The van der Waals surface area contributed by atoms with E-state index in [4.69, 9.17) is 14.6 Å². The van der Waals surface area contributed by atoms with Crippen molar-refractivity contribution in [2.75, 3.05) is 7.11 Å². The maximum Gasteiger partial charge on any atom is 0.335 e. The molecule has 0 aromatic heterocycles. The van der Waals surface area contributed by atoms with Crippen LogP contribution in [0.5, 0.6) is 11.5 Å². The highest BCUT2D eigenvalue weighted by Gasteiger charge is 2.14. The molecule has 0 fully saturated rings. The number of carboxylic acid groups (broad SMARTS) is 1. The van der Waals surface area contributed by atoms with Crippen molar-refractivity contribution in [2.24, 2.45) is 0 Å². The Morgan fingerprint density at radius 2 is 1.62 bits per heavy atom. The molecule has 0 aliphatic heterocycles. The van der Waals surface area contributed by atoms with Gasteiger partial charge in [-0.3, -0.25) is 4.79 Å². The molecule has 0 heterocycles. The molecule has 1 amide bonds. The average molecular weight is 329 g/mol. The zero-order valence-corrected chi connectivity index (χ0v) is 13.5. The Morgan fingerprint density at radius 1 is 1.04 bits per heavy atom. The molecular formula is C18H19NO5. The number of amides is 1. The average Bonchev–Trinajstić information content (AvgIpc) is 2.60. The number of carbonyl (C=O) groups excluding carboxylic acids is 1. The van der Waals surface area contributed by atoms with E-state index >= 15 is 0 Å². The first-order valence-electron chi connectivity index (χ1n) is 7.40. The topological polar surface area (TPSA) is 84.9 Å². The van der Waals surface area contributed by atoms with Crippen LogP contribution in [-0.4, -0.2) is 30.2 Å². The van der Waals surface area contributed by atoms with Crippen LogP contribution in [0.2, 0.25) is 0 Å². The van der Waals surface area contributed by atoms with Crippen molar-refractivity contribution in [3.05, 3.63) is 59.7 Å². The number of hydrogen-bond acceptors (Lipinski definition) is 4. The quantitative estimate of drug-likeness (QED) is 0.815. The summed E-state index contributed by atoms with van der Waals surface area (Å²) in [6, 6.07) is 13.3. The summed E-state index contributed by atoms with van der Waals surface area (Å²) in [7, 11) is 1.58. The van der Waals surface area contributed by atoms with Gasteiger partial charge in [-0.2, -0.15) is 0 Å². The number of methoxy groups -OCH3 is 1. The summed E-state index contributed by atoms with van der Waals surface area (Å²) in [5.74, 6) is 0.0498. The van der Waals surface area contributed by atoms with E-state index in [1.165, 1.54) is 12.1 Å². The molecule has 0 saturated heterocycles. The van der Waals surface area contributed by atoms with E-state index in [-0.39, 0.29) is 11.5 Å². The van der Waals surface area contributed by atoms with Crippen LogP contribution in [0.15, 0.2) is 48.5 Å². The molecule has 0 radical (unpaired) electrons. The fourth-order valence-corrected chi connectivity index (χ4v) is 2.01. The van der Waals surface area contributed by atoms with Gasteiger partial charge >= 0.3 is 5.97 Å². The van der Waals surface area contributed by atoms with Crippen LogP contribution in [0, 0.1) is 0 Å². The minimum atomic E-state index is -0.980. The summed E-state index contributed by atoms with van der Waals surface area (Å²) in [5.41, 5.74) is 1.02. The SMILES string of the molecule is COc1ccc(OC(C)C(=O)NCc2ccc(C(=O)O)cc2)cc1. The zero-order valence-electron chi connectivity index (χ0n) is 13.5. The summed E-state index contributed by atoms with van der Waals surface area (Å²) in [5, 5.41) is 11.6. The molecule has 1 unspecified atom stereocenters. The van der Waals surface area contributed by atoms with Crippen molar-refractivity contribution in [1.82, 2.24) is 5.32 Å². The third kappa shape index (κ3) is 4.74. The highest BCUT2D eigenvalue weighted by Crippen LogP contribution is 2.18. The smallest absolute Gasteiger partial charge is 0.335 e. The van der Waals surface area contributed by atoms with Crippen LogP contribution < -0.4 is 14.8 Å². The molecule has 2 rings (SSSR count). The molecule has 24 heavy (non-hydrogen) atoms. The van der Waals surface area contributed by atoms with Gasteiger partial charge in [0.1, 0.15) is 11.5 Å². The highest BCUT2D eigenvalue weighted by atomic mass is 16.5. The molecule has 2 N–H and O–H groups in total. The van der Waals surface area contributed by atoms with Crippen molar-refractivity contribution < 1.29 is 24.2 Å². The van der Waals surface area contributed by atoms with Gasteiger partial charge in [0.25, 0.3) is 5.91 Å². The highest BCUT2D eigenvalue weighted by molar-refractivity contribution is 5.87. The third-order valence-corrected chi connectivity index (χ3v) is 3.41. The number of hydrogen-bond donors (Lipinski definition) is 2. The van der Waals surface area contributed by atoms with Gasteiger partial charge in [0, 0.05) is 6.54 Å². The third-order valence-electron chi connectivity index (χ3n) is 3.41. The predicted molar refractivity (Wildman–Crippen MR) is 88.3 cm³/mol. The second-order valence-corrected chi connectivity index (χ2v) is 5.16. The first-order valence-corrected chi connectivity index (χ1v) is 7.40. The van der Waals surface area contributed by atoms with Gasteiger partial charge in [0.2, 0.25) is 0 Å². The molecule has 1 atom stereocenters. The molecule has 0 aliphatic carbocycles. The molecule has 126 valence electrons. The lowest BCUT2D eigenvalue weighted by Gasteiger charge is -2.15. The minimum absolute atomic E-state index is 0.210. The Balaban J connectivity index is 1.85. The fraction of sp³-hybridized carbons (Fsp3) is 0.222. The Hall–Kier alpha value is -3.02. The number of benzene rings is 2. The van der Waals surface area contributed by atoms with E-state index in [0.29, 0.717) is 18.0 Å². The molecule has 0 aliphatic rings. The summed E-state index contributed by atoms with van der Waals surface area (Å²) in [6.07, 6.45) is -0.656. The lowest BCUT2D eigenvalue weighted by Crippen LogP contribution is -2.35. The normalized spacial score (nSPS) is 11.4. The molecule has 6 heteroatoms. The van der Waals surface area contributed by atoms with E-state index in [9.17, 15) is 9.59 Å². The molecule has 2 aromatic rings. The Bertz CT molecular complexity index is 694. The van der Waals surface area contributed by atoms with E-state index in [0.717, 1.165) is 5.56 Å². The van der Waals surface area contributed by atoms with Crippen LogP contribution in [0.4, 0.5) is 0 Å². The lowest BCUT2D eigenvalue weighted by atomic mass is 10.1. The predicted octanol–water partition coefficient (Wildman–Crippen LogP) is 2.48. The molecule has 2 aromatic carbocycles. The van der Waals surface area contributed by atoms with Crippen LogP contribution in [0.3, 0.4) is 0 Å². The first-order chi connectivity index (χ1) is 11.5. The second-order valence-electron chi connectivity index (χ2n) is 5.16. The fourth-order valence-electron chi connectivity index (χ4n) is 2.01. The molecule has 0 spiro atoms. The summed E-state index contributed by atoms with van der Waals surface area (Å²) in [6.45, 7) is 1.96. The van der Waals surface area contributed by atoms with E-state index in [2.05, 4.69) is 5.32 Å². The number of aromatic carboxylic acids is 1. The van der Waals surface area contributed by atoms with E-state index in [1.807, 2.05) is 0 Å².